The van der Waals surface area contributed by atoms with Crippen LogP contribution >= 0.6 is 12.2 Å². The molecule has 15 heavy (non-hydrogen) atoms. The first kappa shape index (κ1) is 14.4. The molecule has 0 fully saturated rings. The topological polar surface area (TPSA) is 15.3 Å². The lowest BCUT2D eigenvalue weighted by Gasteiger charge is -2.25. The van der Waals surface area contributed by atoms with Crippen molar-refractivity contribution in [2.45, 2.75) is 39.5 Å². The first-order chi connectivity index (χ1) is 7.26. The van der Waals surface area contributed by atoms with E-state index >= 15 is 0 Å². The van der Waals surface area contributed by atoms with E-state index in [0.29, 0.717) is 0 Å². The Kier molecular flexibility index (Phi) is 9.59. The number of unbranched alkanes of at least 4 members (excludes halogenated alkanes) is 2. The van der Waals surface area contributed by atoms with Crippen molar-refractivity contribution in [3.8, 4) is 0 Å². The molecule has 0 atom stereocenters. The summed E-state index contributed by atoms with van der Waals surface area (Å²) in [5.41, 5.74) is 0. The third-order valence-electron chi connectivity index (χ3n) is 2.25. The smallest absolute Gasteiger partial charge is 0.169 e. The number of hydrogen-bond acceptors (Lipinski definition) is 1. The number of thiocarbonyl (C=S) groups is 1. The van der Waals surface area contributed by atoms with E-state index in [2.05, 4.69) is 30.6 Å². The van der Waals surface area contributed by atoms with E-state index in [0.717, 1.165) is 24.7 Å². The number of nitrogens with zero attached hydrogens (tertiary/aromatic N) is 1. The highest BCUT2D eigenvalue weighted by Crippen LogP contribution is 1.99. The summed E-state index contributed by atoms with van der Waals surface area (Å²) < 4.78 is 0. The van der Waals surface area contributed by atoms with Gasteiger partial charge in [-0.3, -0.25) is 0 Å². The lowest BCUT2D eigenvalue weighted by molar-refractivity contribution is 0.394. The molecule has 0 saturated carbocycles. The Morgan fingerprint density at radius 1 is 1.27 bits per heavy atom. The Morgan fingerprint density at radius 3 is 2.20 bits per heavy atom. The Balaban J connectivity index is 3.95. The Morgan fingerprint density at radius 2 is 1.80 bits per heavy atom. The van der Waals surface area contributed by atoms with Gasteiger partial charge in [-0.2, -0.15) is 0 Å². The van der Waals surface area contributed by atoms with Crippen LogP contribution in [0.15, 0.2) is 12.7 Å². The molecule has 0 aromatic carbocycles. The number of nitrogens with one attached hydrogen (secondary N) is 1. The van der Waals surface area contributed by atoms with Gasteiger partial charge in [-0.05, 0) is 25.1 Å². The first-order valence-corrected chi connectivity index (χ1v) is 6.30. The molecule has 0 heterocycles. The summed E-state index contributed by atoms with van der Waals surface area (Å²) in [6, 6.07) is 0. The second-order valence-electron chi connectivity index (χ2n) is 3.67. The zero-order chi connectivity index (χ0) is 11.5. The van der Waals surface area contributed by atoms with Gasteiger partial charge in [0.05, 0.1) is 0 Å². The average Bonchev–Trinajstić information content (AvgIpc) is 2.26. The molecule has 3 heteroatoms. The molecule has 0 saturated heterocycles. The van der Waals surface area contributed by atoms with Crippen LogP contribution in [0.25, 0.3) is 0 Å². The highest BCUT2D eigenvalue weighted by Gasteiger charge is 2.06. The molecule has 0 amide bonds. The van der Waals surface area contributed by atoms with Gasteiger partial charge in [0.2, 0.25) is 0 Å². The molecule has 0 aliphatic rings. The van der Waals surface area contributed by atoms with E-state index < -0.39 is 0 Å². The first-order valence-electron chi connectivity index (χ1n) is 5.89. The minimum absolute atomic E-state index is 0.758. The van der Waals surface area contributed by atoms with Gasteiger partial charge < -0.3 is 10.2 Å². The largest absolute Gasteiger partial charge is 0.359 e. The molecular formula is C12H24N2S. The van der Waals surface area contributed by atoms with Gasteiger partial charge in [0.25, 0.3) is 0 Å². The van der Waals surface area contributed by atoms with Crippen LogP contribution in [0.4, 0.5) is 0 Å². The molecule has 0 bridgehead atoms. The average molecular weight is 228 g/mol. The van der Waals surface area contributed by atoms with Crippen LogP contribution < -0.4 is 5.32 Å². The Labute approximate surface area is 99.7 Å². The summed E-state index contributed by atoms with van der Waals surface area (Å²) in [7, 11) is 0. The summed E-state index contributed by atoms with van der Waals surface area (Å²) in [4.78, 5) is 2.27. The van der Waals surface area contributed by atoms with Crippen molar-refractivity contribution in [2.24, 2.45) is 0 Å². The highest BCUT2D eigenvalue weighted by atomic mass is 32.1. The molecule has 2 nitrogen and oxygen atoms in total. The highest BCUT2D eigenvalue weighted by molar-refractivity contribution is 7.80. The molecule has 0 aliphatic carbocycles. The molecule has 0 spiro atoms. The summed E-state index contributed by atoms with van der Waals surface area (Å²) in [6.45, 7) is 11.0. The lowest BCUT2D eigenvalue weighted by Crippen LogP contribution is -2.40. The normalized spacial score (nSPS) is 9.73. The van der Waals surface area contributed by atoms with E-state index in [1.807, 2.05) is 6.08 Å². The fourth-order valence-corrected chi connectivity index (χ4v) is 1.55. The maximum Gasteiger partial charge on any atom is 0.169 e. The minimum atomic E-state index is 0.758. The predicted octanol–water partition coefficient (Wildman–Crippen LogP) is 2.95. The van der Waals surface area contributed by atoms with Gasteiger partial charge in [-0.1, -0.05) is 32.8 Å². The van der Waals surface area contributed by atoms with Gasteiger partial charge in [-0.15, -0.1) is 6.58 Å². The Hall–Kier alpha value is -0.570. The Bertz CT molecular complexity index is 172. The van der Waals surface area contributed by atoms with Crippen LogP contribution in [0.2, 0.25) is 0 Å². The van der Waals surface area contributed by atoms with E-state index in [-0.39, 0.29) is 0 Å². The van der Waals surface area contributed by atoms with Crippen molar-refractivity contribution in [1.29, 1.82) is 0 Å². The molecular weight excluding hydrogens is 204 g/mol. The van der Waals surface area contributed by atoms with Crippen molar-refractivity contribution in [3.63, 3.8) is 0 Å². The molecule has 0 aliphatic heterocycles. The molecule has 0 radical (unpaired) electrons. The van der Waals surface area contributed by atoms with Crippen molar-refractivity contribution >= 4 is 17.3 Å². The van der Waals surface area contributed by atoms with E-state index in [1.54, 1.807) is 0 Å². The van der Waals surface area contributed by atoms with Crippen LogP contribution in [-0.2, 0) is 0 Å². The third kappa shape index (κ3) is 7.37. The van der Waals surface area contributed by atoms with Crippen LogP contribution in [0.1, 0.15) is 39.5 Å². The zero-order valence-corrected chi connectivity index (χ0v) is 10.9. The summed E-state index contributed by atoms with van der Waals surface area (Å²) in [5.74, 6) is 0. The molecule has 1 N–H and O–H groups in total. The van der Waals surface area contributed by atoms with Gasteiger partial charge >= 0.3 is 0 Å². The van der Waals surface area contributed by atoms with E-state index in [1.165, 1.54) is 25.7 Å². The number of hydrogen-bond donors (Lipinski definition) is 1. The van der Waals surface area contributed by atoms with Crippen LogP contribution in [0.3, 0.4) is 0 Å². The monoisotopic (exact) mass is 228 g/mol. The summed E-state index contributed by atoms with van der Waals surface area (Å²) in [6.07, 6.45) is 6.68. The lowest BCUT2D eigenvalue weighted by atomic mass is 10.3. The molecule has 88 valence electrons. The molecule has 0 aromatic rings. The molecule has 0 aromatic heterocycles. The predicted molar refractivity (Wildman–Crippen MR) is 72.2 cm³/mol. The van der Waals surface area contributed by atoms with Gasteiger partial charge in [0.15, 0.2) is 5.11 Å². The third-order valence-corrected chi connectivity index (χ3v) is 2.65. The van der Waals surface area contributed by atoms with Crippen LogP contribution in [0.5, 0.6) is 0 Å². The summed E-state index contributed by atoms with van der Waals surface area (Å²) in [5, 5.41) is 4.06. The van der Waals surface area contributed by atoms with Crippen LogP contribution in [0, 0.1) is 0 Å². The van der Waals surface area contributed by atoms with Crippen molar-refractivity contribution < 1.29 is 0 Å². The fourth-order valence-electron chi connectivity index (χ4n) is 1.28. The van der Waals surface area contributed by atoms with Crippen molar-refractivity contribution in [3.05, 3.63) is 12.7 Å². The maximum absolute atomic E-state index is 5.33. The standard InChI is InChI=1S/C12H24N2S/c1-4-7-10-14(11-8-5-2)12(15)13-9-6-3/h6H,3-5,7-11H2,1-2H3,(H,13,15). The van der Waals surface area contributed by atoms with Gasteiger partial charge in [-0.25, -0.2) is 0 Å². The van der Waals surface area contributed by atoms with Crippen LogP contribution in [-0.4, -0.2) is 29.6 Å². The summed E-state index contributed by atoms with van der Waals surface area (Å²) >= 11 is 5.33. The van der Waals surface area contributed by atoms with Crippen molar-refractivity contribution in [1.82, 2.24) is 10.2 Å². The van der Waals surface area contributed by atoms with E-state index in [9.17, 15) is 0 Å². The second-order valence-corrected chi connectivity index (χ2v) is 4.06. The zero-order valence-electron chi connectivity index (χ0n) is 10.1. The second kappa shape index (κ2) is 9.97. The fraction of sp³-hybridized carbons (Fsp3) is 0.750. The van der Waals surface area contributed by atoms with Gasteiger partial charge in [0.1, 0.15) is 0 Å². The quantitative estimate of drug-likeness (QED) is 0.508. The van der Waals surface area contributed by atoms with E-state index in [4.69, 9.17) is 12.2 Å². The maximum atomic E-state index is 5.33. The minimum Gasteiger partial charge on any atom is -0.359 e. The molecule has 0 unspecified atom stereocenters. The van der Waals surface area contributed by atoms with Gasteiger partial charge in [0, 0.05) is 19.6 Å². The molecule has 0 rings (SSSR count). The SMILES string of the molecule is C=CCNC(=S)N(CCCC)CCCC. The number of rotatable bonds is 8. The van der Waals surface area contributed by atoms with Crippen molar-refractivity contribution in [2.75, 3.05) is 19.6 Å².